The van der Waals surface area contributed by atoms with Crippen molar-refractivity contribution in [2.24, 2.45) is 0 Å². The van der Waals surface area contributed by atoms with Crippen LogP contribution in [0.5, 0.6) is 0 Å². The fourth-order valence-electron chi connectivity index (χ4n) is 7.75. The maximum absolute atomic E-state index is 12.1. The van der Waals surface area contributed by atoms with Crippen molar-refractivity contribution in [3.63, 3.8) is 0 Å². The zero-order valence-corrected chi connectivity index (χ0v) is 29.8. The Balaban J connectivity index is 1.73. The summed E-state index contributed by atoms with van der Waals surface area (Å²) in [5.74, 6) is -0.814. The standard InChI is InChI=1S/C24H26NO5.3C4H9.Sn/c1-23(2)29-21-22(30-23)28-20-19(26)14-13-18(17-11-7-4-8-12-17)24(20,21)25-27-15-16-9-5-3-6-10-16;3*1-3-4-2;/h3-12,19-22,25-26H,14-15H2,1-2H3;3*1,3-4H2,2H3;/t19-,20-,21+,22-,24-;;;;/m1..../s1. The molecule has 2 N–H and O–H groups in total. The minimum atomic E-state index is -3.10. The summed E-state index contributed by atoms with van der Waals surface area (Å²) in [6.45, 7) is 11.2. The summed E-state index contributed by atoms with van der Waals surface area (Å²) in [7, 11) is 0. The number of ether oxygens (including phenoxy) is 3. The van der Waals surface area contributed by atoms with Gasteiger partial charge in [0.05, 0.1) is 0 Å². The Kier molecular flexibility index (Phi) is 11.1. The molecule has 5 rings (SSSR count). The van der Waals surface area contributed by atoms with Crippen molar-refractivity contribution < 1.29 is 24.2 Å². The summed E-state index contributed by atoms with van der Waals surface area (Å²) in [6, 6.07) is 21.0. The molecule has 2 aromatic carbocycles. The van der Waals surface area contributed by atoms with E-state index < -0.39 is 54.3 Å². The summed E-state index contributed by atoms with van der Waals surface area (Å²) in [6.07, 6.45) is 5.64. The Hall–Kier alpha value is -1.26. The van der Waals surface area contributed by atoms with Crippen LogP contribution in [-0.4, -0.2) is 59.4 Å². The molecule has 0 amide bonds. The van der Waals surface area contributed by atoms with Gasteiger partial charge in [-0.15, -0.1) is 0 Å². The Bertz CT molecular complexity index is 1180. The summed E-state index contributed by atoms with van der Waals surface area (Å²) < 4.78 is 25.2. The van der Waals surface area contributed by atoms with Crippen LogP contribution in [0.15, 0.2) is 64.3 Å². The van der Waals surface area contributed by atoms with Crippen LogP contribution in [0.2, 0.25) is 13.3 Å². The third-order valence-corrected chi connectivity index (χ3v) is 25.9. The Morgan fingerprint density at radius 1 is 0.837 bits per heavy atom. The van der Waals surface area contributed by atoms with Gasteiger partial charge in [0.2, 0.25) is 0 Å². The summed E-state index contributed by atoms with van der Waals surface area (Å²) >= 11 is -3.10. The molecular formula is C36H53NO5Sn. The Morgan fingerprint density at radius 2 is 1.42 bits per heavy atom. The summed E-state index contributed by atoms with van der Waals surface area (Å²) in [5, 5.41) is 12.1. The fraction of sp³-hybridized carbons (Fsp3) is 0.611. The number of fused-ring (bicyclic) bond motifs is 3. The molecule has 0 aromatic heterocycles. The topological polar surface area (TPSA) is 69.2 Å². The average molecular weight is 699 g/mol. The van der Waals surface area contributed by atoms with Gasteiger partial charge >= 0.3 is 264 Å². The molecule has 2 fully saturated rings. The van der Waals surface area contributed by atoms with Crippen molar-refractivity contribution in [3.05, 3.63) is 75.4 Å². The molecule has 2 saturated heterocycles. The normalized spacial score (nSPS) is 28.2. The number of rotatable bonds is 15. The van der Waals surface area contributed by atoms with Crippen LogP contribution in [0.25, 0.3) is 5.57 Å². The molecule has 2 aromatic rings. The van der Waals surface area contributed by atoms with Gasteiger partial charge in [-0.1, -0.05) is 0 Å². The number of benzene rings is 2. The van der Waals surface area contributed by atoms with E-state index in [4.69, 9.17) is 19.0 Å². The number of nitrogens with one attached hydrogen (secondary N) is 1. The predicted octanol–water partition coefficient (Wildman–Crippen LogP) is 7.93. The van der Waals surface area contributed by atoms with Gasteiger partial charge in [0.1, 0.15) is 0 Å². The van der Waals surface area contributed by atoms with Crippen molar-refractivity contribution in [1.29, 1.82) is 0 Å². The SMILES string of the molecule is CCC[CH2][Sn]([CH2]CCC)([CH2]CCC)[C]1=C(c2ccccc2)[C@@]2(NOCc3ccccc3)[C@H](O[C@@H]3OC(C)(C)O[C@@H]32)[C@H](O)C1. The van der Waals surface area contributed by atoms with E-state index >= 15 is 0 Å². The van der Waals surface area contributed by atoms with Gasteiger partial charge in [-0.3, -0.25) is 0 Å². The molecule has 3 aliphatic rings. The molecule has 0 spiro atoms. The van der Waals surface area contributed by atoms with Crippen LogP contribution >= 0.6 is 0 Å². The molecule has 236 valence electrons. The van der Waals surface area contributed by atoms with Gasteiger partial charge < -0.3 is 0 Å². The Morgan fingerprint density at radius 3 is 2.00 bits per heavy atom. The third kappa shape index (κ3) is 6.81. The van der Waals surface area contributed by atoms with E-state index in [2.05, 4.69) is 68.7 Å². The third-order valence-electron chi connectivity index (χ3n) is 9.77. The van der Waals surface area contributed by atoms with E-state index in [1.807, 2.05) is 32.0 Å². The van der Waals surface area contributed by atoms with Crippen molar-refractivity contribution in [3.8, 4) is 0 Å². The number of aliphatic hydroxyl groups is 1. The van der Waals surface area contributed by atoms with Crippen molar-refractivity contribution >= 4 is 24.0 Å². The molecule has 2 heterocycles. The van der Waals surface area contributed by atoms with E-state index in [-0.39, 0.29) is 0 Å². The second kappa shape index (κ2) is 14.4. The molecule has 1 aliphatic carbocycles. The number of hydrogen-bond donors (Lipinski definition) is 2. The molecule has 0 radical (unpaired) electrons. The number of unbranched alkanes of at least 4 members (excludes halogenated alkanes) is 3. The average Bonchev–Trinajstić information content (AvgIpc) is 3.48. The van der Waals surface area contributed by atoms with Crippen LogP contribution < -0.4 is 5.48 Å². The van der Waals surface area contributed by atoms with Crippen LogP contribution in [0, 0.1) is 0 Å². The van der Waals surface area contributed by atoms with E-state index in [9.17, 15) is 5.11 Å². The van der Waals surface area contributed by atoms with E-state index in [1.54, 1.807) is 3.59 Å². The number of hydrogen-bond acceptors (Lipinski definition) is 6. The van der Waals surface area contributed by atoms with E-state index in [0.29, 0.717) is 13.0 Å². The number of aliphatic hydroxyl groups excluding tert-OH is 1. The molecule has 0 saturated carbocycles. The summed E-state index contributed by atoms with van der Waals surface area (Å²) in [5.41, 5.74) is 6.17. The Labute approximate surface area is 263 Å². The van der Waals surface area contributed by atoms with E-state index in [0.717, 1.165) is 5.56 Å². The molecule has 43 heavy (non-hydrogen) atoms. The predicted molar refractivity (Wildman–Crippen MR) is 175 cm³/mol. The van der Waals surface area contributed by atoms with Gasteiger partial charge in [0.25, 0.3) is 0 Å². The van der Waals surface area contributed by atoms with Crippen molar-refractivity contribution in [2.75, 3.05) is 0 Å². The monoisotopic (exact) mass is 699 g/mol. The van der Waals surface area contributed by atoms with Gasteiger partial charge in [-0.05, 0) is 0 Å². The van der Waals surface area contributed by atoms with Gasteiger partial charge in [-0.25, -0.2) is 0 Å². The first kappa shape index (κ1) is 33.1. The minimum absolute atomic E-state index is 0.389. The number of hydroxylamine groups is 1. The molecule has 2 aliphatic heterocycles. The van der Waals surface area contributed by atoms with Crippen LogP contribution in [0.1, 0.15) is 90.7 Å². The van der Waals surface area contributed by atoms with Crippen LogP contribution in [0.3, 0.4) is 0 Å². The summed E-state index contributed by atoms with van der Waals surface area (Å²) in [4.78, 5) is 6.46. The van der Waals surface area contributed by atoms with Crippen LogP contribution in [-0.2, 0) is 25.7 Å². The molecule has 7 heteroatoms. The van der Waals surface area contributed by atoms with Gasteiger partial charge in [0.15, 0.2) is 0 Å². The fourth-order valence-corrected chi connectivity index (χ4v) is 25.6. The maximum atomic E-state index is 12.1. The molecule has 0 bridgehead atoms. The molecule has 6 nitrogen and oxygen atoms in total. The van der Waals surface area contributed by atoms with Gasteiger partial charge in [0, 0.05) is 0 Å². The molecular weight excluding hydrogens is 645 g/mol. The van der Waals surface area contributed by atoms with Crippen LogP contribution in [0.4, 0.5) is 0 Å². The quantitative estimate of drug-likeness (QED) is 0.146. The van der Waals surface area contributed by atoms with E-state index in [1.165, 1.54) is 63.0 Å². The second-order valence-corrected chi connectivity index (χ2v) is 26.6. The first-order valence-electron chi connectivity index (χ1n) is 16.7. The van der Waals surface area contributed by atoms with Gasteiger partial charge in [-0.2, -0.15) is 0 Å². The van der Waals surface area contributed by atoms with Crippen molar-refractivity contribution in [1.82, 2.24) is 5.48 Å². The first-order valence-corrected chi connectivity index (χ1v) is 24.2. The zero-order valence-electron chi connectivity index (χ0n) is 26.9. The van der Waals surface area contributed by atoms with Crippen molar-refractivity contribution in [2.45, 2.75) is 135 Å². The molecule has 0 unspecified atom stereocenters. The second-order valence-electron chi connectivity index (χ2n) is 13.3. The molecule has 5 atom stereocenters. The first-order chi connectivity index (χ1) is 20.8. The zero-order chi connectivity index (χ0) is 30.5.